The van der Waals surface area contributed by atoms with Crippen LogP contribution in [0.4, 0.5) is 4.39 Å². The van der Waals surface area contributed by atoms with Crippen LogP contribution < -0.4 is 0 Å². The quantitative estimate of drug-likeness (QED) is 0.834. The second kappa shape index (κ2) is 7.55. The minimum Gasteiger partial charge on any atom is -0.459 e. The summed E-state index contributed by atoms with van der Waals surface area (Å²) >= 11 is 0. The maximum absolute atomic E-state index is 13.1. The first-order valence-electron chi connectivity index (χ1n) is 9.48. The third kappa shape index (κ3) is 3.75. The fourth-order valence-electron chi connectivity index (χ4n) is 4.33. The van der Waals surface area contributed by atoms with Gasteiger partial charge >= 0.3 is 0 Å². The Hall–Kier alpha value is -2.63. The molecule has 2 fully saturated rings. The molecule has 1 aromatic carbocycles. The third-order valence-corrected chi connectivity index (χ3v) is 5.68. The van der Waals surface area contributed by atoms with Crippen LogP contribution in [0.15, 0.2) is 47.1 Å². The van der Waals surface area contributed by atoms with E-state index in [2.05, 4.69) is 0 Å². The van der Waals surface area contributed by atoms with Gasteiger partial charge in [-0.3, -0.25) is 9.59 Å². The number of nitrogens with zero attached hydrogens (tertiary/aromatic N) is 2. The molecule has 142 valence electrons. The van der Waals surface area contributed by atoms with Crippen molar-refractivity contribution in [2.45, 2.75) is 31.7 Å². The first-order chi connectivity index (χ1) is 13.1. The highest BCUT2D eigenvalue weighted by molar-refractivity contribution is 5.91. The van der Waals surface area contributed by atoms with Gasteiger partial charge in [0.2, 0.25) is 5.91 Å². The molecule has 2 amide bonds. The van der Waals surface area contributed by atoms with Crippen LogP contribution in [0, 0.1) is 11.7 Å². The lowest BCUT2D eigenvalue weighted by molar-refractivity contribution is -0.137. The largest absolute Gasteiger partial charge is 0.459 e. The van der Waals surface area contributed by atoms with Crippen LogP contribution in [0.3, 0.4) is 0 Å². The number of hydrogen-bond donors (Lipinski definition) is 0. The minimum atomic E-state index is -0.294. The van der Waals surface area contributed by atoms with Crippen LogP contribution in [0.5, 0.6) is 0 Å². The van der Waals surface area contributed by atoms with E-state index < -0.39 is 0 Å². The van der Waals surface area contributed by atoms with E-state index in [1.165, 1.54) is 18.4 Å². The highest BCUT2D eigenvalue weighted by Gasteiger charge is 2.39. The van der Waals surface area contributed by atoms with Gasteiger partial charge in [-0.1, -0.05) is 12.1 Å². The molecule has 0 unspecified atom stereocenters. The lowest BCUT2D eigenvalue weighted by Gasteiger charge is -2.47. The molecule has 2 aromatic rings. The molecule has 0 saturated carbocycles. The Labute approximate surface area is 157 Å². The number of furan rings is 1. The minimum absolute atomic E-state index is 0.0757. The molecule has 2 atom stereocenters. The molecule has 1 aromatic heterocycles. The van der Waals surface area contributed by atoms with E-state index in [-0.39, 0.29) is 23.7 Å². The van der Waals surface area contributed by atoms with Crippen molar-refractivity contribution in [1.82, 2.24) is 9.80 Å². The van der Waals surface area contributed by atoms with Crippen molar-refractivity contribution in [1.29, 1.82) is 0 Å². The second-order valence-electron chi connectivity index (χ2n) is 7.38. The topological polar surface area (TPSA) is 53.8 Å². The van der Waals surface area contributed by atoms with E-state index in [1.54, 1.807) is 24.3 Å². The van der Waals surface area contributed by atoms with E-state index in [0.717, 1.165) is 31.4 Å². The molecule has 0 aliphatic carbocycles. The van der Waals surface area contributed by atoms with Gasteiger partial charge in [0.25, 0.3) is 5.91 Å². The molecule has 27 heavy (non-hydrogen) atoms. The van der Waals surface area contributed by atoms with Crippen molar-refractivity contribution >= 4 is 11.8 Å². The summed E-state index contributed by atoms with van der Waals surface area (Å²) in [5, 5.41) is 0. The summed E-state index contributed by atoms with van der Waals surface area (Å²) < 4.78 is 18.3. The highest BCUT2D eigenvalue weighted by Crippen LogP contribution is 2.31. The molecule has 0 spiro atoms. The molecule has 0 N–H and O–H groups in total. The first kappa shape index (κ1) is 17.8. The fraction of sp³-hybridized carbons (Fsp3) is 0.429. The molecule has 2 saturated heterocycles. The summed E-state index contributed by atoms with van der Waals surface area (Å²) in [6.45, 7) is 2.04. The lowest BCUT2D eigenvalue weighted by Crippen LogP contribution is -2.56. The number of fused-ring (bicyclic) bond motifs is 1. The number of rotatable bonds is 3. The Morgan fingerprint density at radius 3 is 2.67 bits per heavy atom. The van der Waals surface area contributed by atoms with Crippen molar-refractivity contribution in [3.05, 3.63) is 59.8 Å². The van der Waals surface area contributed by atoms with Crippen LogP contribution >= 0.6 is 0 Å². The highest BCUT2D eigenvalue weighted by atomic mass is 19.1. The number of carbonyl (C=O) groups excluding carboxylic acids is 2. The zero-order valence-electron chi connectivity index (χ0n) is 15.1. The molecule has 6 heteroatoms. The standard InChI is InChI=1S/C21H23FN2O3/c22-17-7-5-15(6-8-17)13-20(25)24-10-1-3-16-14-23(11-9-18(16)24)21(26)19-4-2-12-27-19/h2,4-8,12,16,18H,1,3,9-11,13-14H2/t16-,18+/m1/s1. The summed E-state index contributed by atoms with van der Waals surface area (Å²) in [5.74, 6) is 0.380. The summed E-state index contributed by atoms with van der Waals surface area (Å²) in [6, 6.07) is 9.69. The second-order valence-corrected chi connectivity index (χ2v) is 7.38. The average molecular weight is 370 g/mol. The molecule has 0 radical (unpaired) electrons. The summed E-state index contributed by atoms with van der Waals surface area (Å²) in [6.07, 6.45) is 4.55. The molecule has 3 heterocycles. The maximum atomic E-state index is 13.1. The number of halogens is 1. The van der Waals surface area contributed by atoms with E-state index in [0.29, 0.717) is 31.2 Å². The van der Waals surface area contributed by atoms with Gasteiger partial charge in [0.05, 0.1) is 12.7 Å². The molecular weight excluding hydrogens is 347 g/mol. The number of piperidine rings is 2. The van der Waals surface area contributed by atoms with Crippen molar-refractivity contribution in [3.8, 4) is 0 Å². The summed E-state index contributed by atoms with van der Waals surface area (Å²) in [5.41, 5.74) is 0.828. The van der Waals surface area contributed by atoms with Crippen LogP contribution in [0.2, 0.25) is 0 Å². The number of benzene rings is 1. The molecule has 2 aliphatic heterocycles. The summed E-state index contributed by atoms with van der Waals surface area (Å²) in [4.78, 5) is 29.2. The van der Waals surface area contributed by atoms with Gasteiger partial charge in [0, 0.05) is 25.7 Å². The molecule has 5 nitrogen and oxygen atoms in total. The predicted octanol–water partition coefficient (Wildman–Crippen LogP) is 3.11. The van der Waals surface area contributed by atoms with E-state index in [9.17, 15) is 14.0 Å². The molecule has 2 aliphatic rings. The zero-order valence-corrected chi connectivity index (χ0v) is 15.1. The van der Waals surface area contributed by atoms with Crippen LogP contribution in [-0.2, 0) is 11.2 Å². The Morgan fingerprint density at radius 2 is 1.93 bits per heavy atom. The Kier molecular flexibility index (Phi) is 4.97. The van der Waals surface area contributed by atoms with Gasteiger partial charge in [-0.15, -0.1) is 0 Å². The van der Waals surface area contributed by atoms with Gasteiger partial charge in [-0.05, 0) is 55.0 Å². The number of hydrogen-bond acceptors (Lipinski definition) is 3. The molecule has 4 rings (SSSR count). The van der Waals surface area contributed by atoms with Crippen molar-refractivity contribution in [3.63, 3.8) is 0 Å². The van der Waals surface area contributed by atoms with Gasteiger partial charge < -0.3 is 14.2 Å². The SMILES string of the molecule is O=C(c1ccco1)N1CC[C@H]2[C@H](CCCN2C(=O)Cc2ccc(F)cc2)C1. The van der Waals surface area contributed by atoms with Gasteiger partial charge in [0.1, 0.15) is 5.82 Å². The van der Waals surface area contributed by atoms with E-state index in [4.69, 9.17) is 4.42 Å². The Morgan fingerprint density at radius 1 is 1.11 bits per heavy atom. The van der Waals surface area contributed by atoms with Crippen molar-refractivity contribution < 1.29 is 18.4 Å². The zero-order chi connectivity index (χ0) is 18.8. The Balaban J connectivity index is 1.41. The van der Waals surface area contributed by atoms with E-state index in [1.807, 2.05) is 9.80 Å². The van der Waals surface area contributed by atoms with Crippen molar-refractivity contribution in [2.75, 3.05) is 19.6 Å². The van der Waals surface area contributed by atoms with Crippen molar-refractivity contribution in [2.24, 2.45) is 5.92 Å². The average Bonchev–Trinajstić information content (AvgIpc) is 3.23. The van der Waals surface area contributed by atoms with Crippen LogP contribution in [0.1, 0.15) is 35.4 Å². The van der Waals surface area contributed by atoms with E-state index >= 15 is 0 Å². The van der Waals surface area contributed by atoms with Gasteiger partial charge in [0.15, 0.2) is 5.76 Å². The van der Waals surface area contributed by atoms with Gasteiger partial charge in [-0.25, -0.2) is 4.39 Å². The third-order valence-electron chi connectivity index (χ3n) is 5.68. The lowest BCUT2D eigenvalue weighted by atomic mass is 9.83. The normalized spacial score (nSPS) is 22.4. The Bertz CT molecular complexity index is 803. The number of likely N-dealkylation sites (tertiary alicyclic amines) is 2. The first-order valence-corrected chi connectivity index (χ1v) is 9.48. The van der Waals surface area contributed by atoms with Crippen LogP contribution in [0.25, 0.3) is 0 Å². The van der Waals surface area contributed by atoms with Crippen LogP contribution in [-0.4, -0.2) is 47.3 Å². The summed E-state index contributed by atoms with van der Waals surface area (Å²) in [7, 11) is 0. The molecule has 0 bridgehead atoms. The number of amides is 2. The smallest absolute Gasteiger partial charge is 0.289 e. The predicted molar refractivity (Wildman–Crippen MR) is 97.6 cm³/mol. The fourth-order valence-corrected chi connectivity index (χ4v) is 4.33. The van der Waals surface area contributed by atoms with Gasteiger partial charge in [-0.2, -0.15) is 0 Å². The number of carbonyl (C=O) groups is 2. The molecular formula is C21H23FN2O3. The monoisotopic (exact) mass is 370 g/mol. The maximum Gasteiger partial charge on any atom is 0.289 e.